The van der Waals surface area contributed by atoms with Crippen molar-refractivity contribution in [2.24, 2.45) is 7.05 Å². The summed E-state index contributed by atoms with van der Waals surface area (Å²) in [6.45, 7) is 1.87. The third-order valence-electron chi connectivity index (χ3n) is 3.53. The Hall–Kier alpha value is -2.12. The SMILES string of the molecule is C[C@H](Sc1nnc(Cc2cccs2)n1C)C(=O)Nc1ccccc1. The van der Waals surface area contributed by atoms with Crippen LogP contribution in [0.3, 0.4) is 0 Å². The maximum atomic E-state index is 12.3. The molecule has 3 aromatic rings. The molecular weight excluding hydrogens is 340 g/mol. The Labute approximate surface area is 149 Å². The van der Waals surface area contributed by atoms with Gasteiger partial charge in [0, 0.05) is 24.0 Å². The van der Waals surface area contributed by atoms with Crippen LogP contribution in [0.4, 0.5) is 5.69 Å². The van der Waals surface area contributed by atoms with Gasteiger partial charge in [0.2, 0.25) is 5.91 Å². The Morgan fingerprint density at radius 2 is 2.04 bits per heavy atom. The van der Waals surface area contributed by atoms with Crippen molar-refractivity contribution in [3.05, 3.63) is 58.5 Å². The molecule has 0 unspecified atom stereocenters. The number of amides is 1. The third kappa shape index (κ3) is 4.04. The van der Waals surface area contributed by atoms with Crippen LogP contribution in [0.25, 0.3) is 0 Å². The number of thioether (sulfide) groups is 1. The van der Waals surface area contributed by atoms with Gasteiger partial charge in [0.25, 0.3) is 0 Å². The van der Waals surface area contributed by atoms with E-state index in [0.717, 1.165) is 23.1 Å². The minimum atomic E-state index is -0.261. The number of anilines is 1. The highest BCUT2D eigenvalue weighted by Crippen LogP contribution is 2.24. The van der Waals surface area contributed by atoms with Crippen LogP contribution >= 0.6 is 23.1 Å². The molecule has 0 aliphatic carbocycles. The van der Waals surface area contributed by atoms with Crippen LogP contribution in [-0.2, 0) is 18.3 Å². The number of carbonyl (C=O) groups is 1. The molecule has 3 rings (SSSR count). The quantitative estimate of drug-likeness (QED) is 0.684. The zero-order valence-electron chi connectivity index (χ0n) is 13.5. The van der Waals surface area contributed by atoms with Crippen molar-refractivity contribution in [3.8, 4) is 0 Å². The largest absolute Gasteiger partial charge is 0.325 e. The summed E-state index contributed by atoms with van der Waals surface area (Å²) in [5, 5.41) is 13.9. The third-order valence-corrected chi connectivity index (χ3v) is 5.54. The molecule has 2 aromatic heterocycles. The average molecular weight is 358 g/mol. The minimum Gasteiger partial charge on any atom is -0.325 e. The van der Waals surface area contributed by atoms with Gasteiger partial charge in [-0.1, -0.05) is 36.0 Å². The molecule has 0 fully saturated rings. The van der Waals surface area contributed by atoms with Gasteiger partial charge >= 0.3 is 0 Å². The highest BCUT2D eigenvalue weighted by Gasteiger charge is 2.19. The van der Waals surface area contributed by atoms with E-state index in [4.69, 9.17) is 0 Å². The van der Waals surface area contributed by atoms with Crippen molar-refractivity contribution < 1.29 is 4.79 Å². The molecule has 0 aliphatic rings. The molecule has 2 heterocycles. The van der Waals surface area contributed by atoms with Crippen LogP contribution in [0.5, 0.6) is 0 Å². The molecule has 0 bridgehead atoms. The number of nitrogens with zero attached hydrogens (tertiary/aromatic N) is 3. The first-order chi connectivity index (χ1) is 11.6. The van der Waals surface area contributed by atoms with E-state index in [1.165, 1.54) is 16.6 Å². The van der Waals surface area contributed by atoms with Gasteiger partial charge in [0.1, 0.15) is 5.82 Å². The summed E-state index contributed by atoms with van der Waals surface area (Å²) in [7, 11) is 1.94. The van der Waals surface area contributed by atoms with Crippen LogP contribution in [0, 0.1) is 0 Å². The molecule has 0 aliphatic heterocycles. The zero-order valence-corrected chi connectivity index (χ0v) is 15.1. The summed E-state index contributed by atoms with van der Waals surface area (Å²) in [4.78, 5) is 13.6. The Balaban J connectivity index is 1.63. The number of hydrogen-bond acceptors (Lipinski definition) is 5. The summed E-state index contributed by atoms with van der Waals surface area (Å²) in [6, 6.07) is 13.6. The van der Waals surface area contributed by atoms with Crippen LogP contribution in [-0.4, -0.2) is 25.9 Å². The molecule has 1 N–H and O–H groups in total. The number of nitrogens with one attached hydrogen (secondary N) is 1. The maximum Gasteiger partial charge on any atom is 0.237 e. The standard InChI is InChI=1S/C17H18N4OS2/c1-12(16(22)18-13-7-4-3-5-8-13)24-17-20-19-15(21(17)2)11-14-9-6-10-23-14/h3-10,12H,11H2,1-2H3,(H,18,22)/t12-/m0/s1. The molecular formula is C17H18N4OS2. The molecule has 24 heavy (non-hydrogen) atoms. The predicted molar refractivity (Wildman–Crippen MR) is 98.5 cm³/mol. The van der Waals surface area contributed by atoms with Crippen LogP contribution < -0.4 is 5.32 Å². The number of benzene rings is 1. The molecule has 1 amide bonds. The molecule has 0 saturated carbocycles. The molecule has 1 aromatic carbocycles. The first-order valence-electron chi connectivity index (χ1n) is 7.56. The number of aromatic nitrogens is 3. The average Bonchev–Trinajstić information content (AvgIpc) is 3.21. The number of hydrogen-bond donors (Lipinski definition) is 1. The van der Waals surface area contributed by atoms with Gasteiger partial charge in [-0.15, -0.1) is 21.5 Å². The molecule has 124 valence electrons. The maximum absolute atomic E-state index is 12.3. The Kier molecular flexibility index (Phi) is 5.32. The van der Waals surface area contributed by atoms with E-state index in [1.54, 1.807) is 11.3 Å². The summed E-state index contributed by atoms with van der Waals surface area (Å²) < 4.78 is 1.96. The van der Waals surface area contributed by atoms with Gasteiger partial charge in [-0.25, -0.2) is 0 Å². The Morgan fingerprint density at radius 1 is 1.25 bits per heavy atom. The normalized spacial score (nSPS) is 12.1. The van der Waals surface area contributed by atoms with Crippen molar-refractivity contribution in [3.63, 3.8) is 0 Å². The molecule has 7 heteroatoms. The van der Waals surface area contributed by atoms with Crippen molar-refractivity contribution in [2.45, 2.75) is 23.8 Å². The van der Waals surface area contributed by atoms with Crippen LogP contribution in [0.1, 0.15) is 17.6 Å². The summed E-state index contributed by atoms with van der Waals surface area (Å²) >= 11 is 3.12. The van der Waals surface area contributed by atoms with Crippen molar-refractivity contribution >= 4 is 34.7 Å². The molecule has 0 saturated heterocycles. The van der Waals surface area contributed by atoms with Crippen LogP contribution in [0.15, 0.2) is 53.0 Å². The second-order valence-electron chi connectivity index (χ2n) is 5.33. The van der Waals surface area contributed by atoms with E-state index < -0.39 is 0 Å². The first kappa shape index (κ1) is 16.7. The van der Waals surface area contributed by atoms with Crippen molar-refractivity contribution in [1.29, 1.82) is 0 Å². The minimum absolute atomic E-state index is 0.0472. The van der Waals surface area contributed by atoms with E-state index >= 15 is 0 Å². The summed E-state index contributed by atoms with van der Waals surface area (Å²) in [6.07, 6.45) is 0.756. The fraction of sp³-hybridized carbons (Fsp3) is 0.235. The predicted octanol–water partition coefficient (Wildman–Crippen LogP) is 3.59. The lowest BCUT2D eigenvalue weighted by Crippen LogP contribution is -2.22. The van der Waals surface area contributed by atoms with Crippen LogP contribution in [0.2, 0.25) is 0 Å². The number of para-hydroxylation sites is 1. The second kappa shape index (κ2) is 7.63. The zero-order chi connectivity index (χ0) is 16.9. The van der Waals surface area contributed by atoms with E-state index in [9.17, 15) is 4.79 Å². The van der Waals surface area contributed by atoms with Gasteiger partial charge in [0.15, 0.2) is 5.16 Å². The highest BCUT2D eigenvalue weighted by molar-refractivity contribution is 8.00. The molecule has 0 radical (unpaired) electrons. The molecule has 0 spiro atoms. The highest BCUT2D eigenvalue weighted by atomic mass is 32.2. The van der Waals surface area contributed by atoms with Gasteiger partial charge in [-0.3, -0.25) is 4.79 Å². The van der Waals surface area contributed by atoms with Gasteiger partial charge in [0.05, 0.1) is 5.25 Å². The number of carbonyl (C=O) groups excluding carboxylic acids is 1. The topological polar surface area (TPSA) is 59.8 Å². The molecule has 5 nitrogen and oxygen atoms in total. The van der Waals surface area contributed by atoms with Gasteiger partial charge in [-0.2, -0.15) is 0 Å². The Morgan fingerprint density at radius 3 is 2.75 bits per heavy atom. The van der Waals surface area contributed by atoms with E-state index in [1.807, 2.05) is 54.9 Å². The lowest BCUT2D eigenvalue weighted by Gasteiger charge is -2.11. The van der Waals surface area contributed by atoms with Gasteiger partial charge in [-0.05, 0) is 30.5 Å². The molecule has 1 atom stereocenters. The first-order valence-corrected chi connectivity index (χ1v) is 9.32. The summed E-state index contributed by atoms with van der Waals surface area (Å²) in [5.41, 5.74) is 0.797. The lowest BCUT2D eigenvalue weighted by atomic mass is 10.3. The smallest absolute Gasteiger partial charge is 0.237 e. The van der Waals surface area contributed by atoms with Gasteiger partial charge < -0.3 is 9.88 Å². The van der Waals surface area contributed by atoms with Crippen molar-refractivity contribution in [2.75, 3.05) is 5.32 Å². The van der Waals surface area contributed by atoms with E-state index in [2.05, 4.69) is 27.0 Å². The fourth-order valence-corrected chi connectivity index (χ4v) is 3.68. The fourth-order valence-electron chi connectivity index (χ4n) is 2.15. The van der Waals surface area contributed by atoms with E-state index in [-0.39, 0.29) is 11.2 Å². The number of rotatable bonds is 6. The Bertz CT molecular complexity index is 799. The van der Waals surface area contributed by atoms with Crippen molar-refractivity contribution in [1.82, 2.24) is 14.8 Å². The number of thiophene rings is 1. The monoisotopic (exact) mass is 358 g/mol. The summed E-state index contributed by atoms with van der Waals surface area (Å²) in [5.74, 6) is 0.852. The van der Waals surface area contributed by atoms with E-state index in [0.29, 0.717) is 0 Å². The lowest BCUT2D eigenvalue weighted by molar-refractivity contribution is -0.115. The second-order valence-corrected chi connectivity index (χ2v) is 7.67.